The second kappa shape index (κ2) is 4.31. The summed E-state index contributed by atoms with van der Waals surface area (Å²) in [5.74, 6) is 0. The molecule has 1 aromatic carbocycles. The van der Waals surface area contributed by atoms with Crippen molar-refractivity contribution in [3.05, 3.63) is 29.1 Å². The Morgan fingerprint density at radius 1 is 1.12 bits per heavy atom. The van der Waals surface area contributed by atoms with Gasteiger partial charge in [-0.25, -0.2) is 0 Å². The summed E-state index contributed by atoms with van der Waals surface area (Å²) in [6.45, 7) is 6.81. The number of thiophene rings is 1. The van der Waals surface area contributed by atoms with Gasteiger partial charge in [0, 0.05) is 41.6 Å². The summed E-state index contributed by atoms with van der Waals surface area (Å²) in [6, 6.07) is 6.76. The SMILES string of the molecule is Cc1ccc2scc(N3CCN(C)CC3)c2c1. The summed E-state index contributed by atoms with van der Waals surface area (Å²) in [4.78, 5) is 4.93. The molecule has 0 spiro atoms. The molecule has 2 aromatic rings. The normalized spacial score (nSPS) is 17.9. The number of aryl methyl sites for hydroxylation is 1. The Labute approximate surface area is 106 Å². The Kier molecular flexibility index (Phi) is 2.81. The lowest BCUT2D eigenvalue weighted by molar-refractivity contribution is 0.313. The number of piperazine rings is 1. The van der Waals surface area contributed by atoms with Crippen molar-refractivity contribution in [2.75, 3.05) is 38.1 Å². The molecule has 1 aliphatic heterocycles. The van der Waals surface area contributed by atoms with Crippen LogP contribution in [0, 0.1) is 6.92 Å². The maximum absolute atomic E-state index is 2.53. The molecule has 2 nitrogen and oxygen atoms in total. The minimum atomic E-state index is 1.15. The third-order valence-corrected chi connectivity index (χ3v) is 4.50. The summed E-state index contributed by atoms with van der Waals surface area (Å²) in [6.07, 6.45) is 0. The molecule has 17 heavy (non-hydrogen) atoms. The van der Waals surface area contributed by atoms with Crippen LogP contribution in [0.15, 0.2) is 23.6 Å². The van der Waals surface area contributed by atoms with Crippen LogP contribution in [0.4, 0.5) is 5.69 Å². The molecule has 1 saturated heterocycles. The van der Waals surface area contributed by atoms with Crippen molar-refractivity contribution in [3.63, 3.8) is 0 Å². The Balaban J connectivity index is 1.97. The summed E-state index contributed by atoms with van der Waals surface area (Å²) in [5, 5.41) is 3.75. The summed E-state index contributed by atoms with van der Waals surface area (Å²) in [5.41, 5.74) is 2.79. The number of rotatable bonds is 1. The predicted molar refractivity (Wildman–Crippen MR) is 76.3 cm³/mol. The Bertz CT molecular complexity index is 524. The number of fused-ring (bicyclic) bond motifs is 1. The highest BCUT2D eigenvalue weighted by Gasteiger charge is 2.17. The van der Waals surface area contributed by atoms with Crippen molar-refractivity contribution in [2.45, 2.75) is 6.92 Å². The van der Waals surface area contributed by atoms with Gasteiger partial charge in [0.05, 0.1) is 5.69 Å². The summed E-state index contributed by atoms with van der Waals surface area (Å²) >= 11 is 1.86. The van der Waals surface area contributed by atoms with E-state index >= 15 is 0 Å². The molecule has 0 amide bonds. The van der Waals surface area contributed by atoms with Gasteiger partial charge in [0.2, 0.25) is 0 Å². The highest BCUT2D eigenvalue weighted by molar-refractivity contribution is 7.17. The number of hydrogen-bond donors (Lipinski definition) is 0. The van der Waals surface area contributed by atoms with Crippen LogP contribution in [-0.2, 0) is 0 Å². The number of nitrogens with zero attached hydrogens (tertiary/aromatic N) is 2. The lowest BCUT2D eigenvalue weighted by Crippen LogP contribution is -2.44. The Hall–Kier alpha value is -1.06. The van der Waals surface area contributed by atoms with Crippen LogP contribution in [0.25, 0.3) is 10.1 Å². The Morgan fingerprint density at radius 3 is 2.65 bits per heavy atom. The minimum absolute atomic E-state index is 1.15. The molecule has 0 aliphatic carbocycles. The van der Waals surface area contributed by atoms with E-state index in [0.717, 1.165) is 13.1 Å². The highest BCUT2D eigenvalue weighted by Crippen LogP contribution is 2.34. The van der Waals surface area contributed by atoms with Crippen molar-refractivity contribution in [1.82, 2.24) is 4.90 Å². The third kappa shape index (κ3) is 2.05. The molecular formula is C14H18N2S. The van der Waals surface area contributed by atoms with E-state index in [1.165, 1.54) is 34.4 Å². The molecule has 0 N–H and O–H groups in total. The van der Waals surface area contributed by atoms with Crippen molar-refractivity contribution in [2.24, 2.45) is 0 Å². The topological polar surface area (TPSA) is 6.48 Å². The zero-order valence-electron chi connectivity index (χ0n) is 10.4. The van der Waals surface area contributed by atoms with Crippen LogP contribution >= 0.6 is 11.3 Å². The molecular weight excluding hydrogens is 228 g/mol. The minimum Gasteiger partial charge on any atom is -0.368 e. The van der Waals surface area contributed by atoms with Gasteiger partial charge in [-0.3, -0.25) is 0 Å². The molecule has 2 heterocycles. The van der Waals surface area contributed by atoms with Gasteiger partial charge in [-0.2, -0.15) is 0 Å². The smallest absolute Gasteiger partial charge is 0.0555 e. The van der Waals surface area contributed by atoms with Crippen molar-refractivity contribution < 1.29 is 0 Å². The number of hydrogen-bond acceptors (Lipinski definition) is 3. The van der Waals surface area contributed by atoms with Crippen molar-refractivity contribution in [3.8, 4) is 0 Å². The van der Waals surface area contributed by atoms with Crippen LogP contribution in [0.3, 0.4) is 0 Å². The van der Waals surface area contributed by atoms with Gasteiger partial charge in [-0.05, 0) is 26.1 Å². The first kappa shape index (κ1) is 11.1. The van der Waals surface area contributed by atoms with Gasteiger partial charge >= 0.3 is 0 Å². The number of likely N-dealkylation sites (N-methyl/N-ethyl adjacent to an activating group) is 1. The van der Waals surface area contributed by atoms with E-state index in [1.807, 2.05) is 11.3 Å². The average Bonchev–Trinajstić information content (AvgIpc) is 2.73. The molecule has 1 fully saturated rings. The second-order valence-electron chi connectivity index (χ2n) is 4.91. The molecule has 3 heteroatoms. The maximum Gasteiger partial charge on any atom is 0.0555 e. The lowest BCUT2D eigenvalue weighted by atomic mass is 10.1. The van der Waals surface area contributed by atoms with E-state index in [0.29, 0.717) is 0 Å². The quantitative estimate of drug-likeness (QED) is 0.763. The monoisotopic (exact) mass is 246 g/mol. The van der Waals surface area contributed by atoms with Gasteiger partial charge in [0.25, 0.3) is 0 Å². The molecule has 0 atom stereocenters. The maximum atomic E-state index is 2.53. The zero-order chi connectivity index (χ0) is 11.8. The fourth-order valence-corrected chi connectivity index (χ4v) is 3.37. The molecule has 3 rings (SSSR count). The summed E-state index contributed by atoms with van der Waals surface area (Å²) < 4.78 is 1.41. The third-order valence-electron chi connectivity index (χ3n) is 3.55. The molecule has 1 aliphatic rings. The van der Waals surface area contributed by atoms with Crippen molar-refractivity contribution >= 4 is 27.1 Å². The van der Waals surface area contributed by atoms with Crippen LogP contribution in [0.2, 0.25) is 0 Å². The molecule has 0 unspecified atom stereocenters. The van der Waals surface area contributed by atoms with E-state index in [-0.39, 0.29) is 0 Å². The second-order valence-corrected chi connectivity index (χ2v) is 5.82. The van der Waals surface area contributed by atoms with E-state index in [9.17, 15) is 0 Å². The molecule has 0 radical (unpaired) electrons. The Morgan fingerprint density at radius 2 is 1.88 bits per heavy atom. The van der Waals surface area contributed by atoms with Gasteiger partial charge in [0.1, 0.15) is 0 Å². The predicted octanol–water partition coefficient (Wildman–Crippen LogP) is 2.96. The fraction of sp³-hybridized carbons (Fsp3) is 0.429. The number of anilines is 1. The lowest BCUT2D eigenvalue weighted by Gasteiger charge is -2.33. The van der Waals surface area contributed by atoms with E-state index in [4.69, 9.17) is 0 Å². The average molecular weight is 246 g/mol. The highest BCUT2D eigenvalue weighted by atomic mass is 32.1. The van der Waals surface area contributed by atoms with Gasteiger partial charge in [0.15, 0.2) is 0 Å². The first-order valence-corrected chi connectivity index (χ1v) is 7.03. The van der Waals surface area contributed by atoms with Crippen LogP contribution in [0.5, 0.6) is 0 Å². The van der Waals surface area contributed by atoms with Gasteiger partial charge in [-0.15, -0.1) is 11.3 Å². The summed E-state index contributed by atoms with van der Waals surface area (Å²) in [7, 11) is 2.20. The molecule has 0 saturated carbocycles. The van der Waals surface area contributed by atoms with E-state index < -0.39 is 0 Å². The van der Waals surface area contributed by atoms with E-state index in [1.54, 1.807) is 0 Å². The van der Waals surface area contributed by atoms with Crippen LogP contribution in [0.1, 0.15) is 5.56 Å². The largest absolute Gasteiger partial charge is 0.368 e. The van der Waals surface area contributed by atoms with Crippen LogP contribution < -0.4 is 4.90 Å². The van der Waals surface area contributed by atoms with Gasteiger partial charge in [-0.1, -0.05) is 11.6 Å². The number of benzene rings is 1. The fourth-order valence-electron chi connectivity index (χ4n) is 2.42. The molecule has 1 aromatic heterocycles. The standard InChI is InChI=1S/C14H18N2S/c1-11-3-4-14-12(9-11)13(10-17-14)16-7-5-15(2)6-8-16/h3-4,9-10H,5-8H2,1-2H3. The van der Waals surface area contributed by atoms with E-state index in [2.05, 4.69) is 47.4 Å². The molecule has 0 bridgehead atoms. The first-order chi connectivity index (χ1) is 8.24. The zero-order valence-corrected chi connectivity index (χ0v) is 11.3. The van der Waals surface area contributed by atoms with Crippen LogP contribution in [-0.4, -0.2) is 38.1 Å². The molecule has 90 valence electrons. The first-order valence-electron chi connectivity index (χ1n) is 6.15. The van der Waals surface area contributed by atoms with Crippen molar-refractivity contribution in [1.29, 1.82) is 0 Å². The van der Waals surface area contributed by atoms with Gasteiger partial charge < -0.3 is 9.80 Å².